The summed E-state index contributed by atoms with van der Waals surface area (Å²) in [5.74, 6) is -0.663. The number of ether oxygens (including phenoxy) is 1. The molecule has 0 aliphatic rings. The van der Waals surface area contributed by atoms with E-state index in [0.29, 0.717) is 10.6 Å². The SMILES string of the molecule is O=C(COc1cccc(C(F)(F)F)c1)N/N=C/c1cccc(Cl)c1. The first-order chi connectivity index (χ1) is 11.3. The lowest BCUT2D eigenvalue weighted by atomic mass is 10.2. The maximum atomic E-state index is 12.6. The highest BCUT2D eigenvalue weighted by molar-refractivity contribution is 6.30. The molecule has 0 radical (unpaired) electrons. The van der Waals surface area contributed by atoms with Crippen LogP contribution in [-0.4, -0.2) is 18.7 Å². The monoisotopic (exact) mass is 356 g/mol. The number of nitrogens with one attached hydrogen (secondary N) is 1. The summed E-state index contributed by atoms with van der Waals surface area (Å²) in [4.78, 5) is 11.6. The van der Waals surface area contributed by atoms with E-state index in [2.05, 4.69) is 10.5 Å². The fraction of sp³-hybridized carbons (Fsp3) is 0.125. The number of amides is 1. The second-order valence-corrected chi connectivity index (χ2v) is 5.10. The van der Waals surface area contributed by atoms with Crippen LogP contribution in [0.3, 0.4) is 0 Å². The minimum absolute atomic E-state index is 0.0567. The minimum Gasteiger partial charge on any atom is -0.484 e. The zero-order chi connectivity index (χ0) is 17.6. The standard InChI is InChI=1S/C16H12ClF3N2O2/c17-13-5-1-3-11(7-13)9-21-22-15(23)10-24-14-6-2-4-12(8-14)16(18,19)20/h1-9H,10H2,(H,22,23)/b21-9+. The van der Waals surface area contributed by atoms with Gasteiger partial charge in [0.15, 0.2) is 6.61 Å². The number of hydrazone groups is 1. The number of nitrogens with zero attached hydrogens (tertiary/aromatic N) is 1. The van der Waals surface area contributed by atoms with Crippen molar-refractivity contribution < 1.29 is 22.7 Å². The summed E-state index contributed by atoms with van der Waals surface area (Å²) < 4.78 is 42.7. The lowest BCUT2D eigenvalue weighted by Crippen LogP contribution is -2.24. The van der Waals surface area contributed by atoms with E-state index in [1.165, 1.54) is 18.3 Å². The summed E-state index contributed by atoms with van der Waals surface area (Å²) in [6.07, 6.45) is -3.09. The Balaban J connectivity index is 1.85. The number of carbonyl (C=O) groups is 1. The molecule has 0 saturated heterocycles. The highest BCUT2D eigenvalue weighted by Crippen LogP contribution is 2.31. The maximum absolute atomic E-state index is 12.6. The Bertz CT molecular complexity index is 748. The maximum Gasteiger partial charge on any atom is 0.416 e. The van der Waals surface area contributed by atoms with Crippen LogP contribution in [0, 0.1) is 0 Å². The van der Waals surface area contributed by atoms with E-state index in [1.807, 2.05) is 0 Å². The summed E-state index contributed by atoms with van der Waals surface area (Å²) in [7, 11) is 0. The van der Waals surface area contributed by atoms with Gasteiger partial charge in [0.05, 0.1) is 11.8 Å². The molecule has 1 amide bonds. The third-order valence-electron chi connectivity index (χ3n) is 2.78. The molecule has 0 heterocycles. The van der Waals surface area contributed by atoms with Crippen LogP contribution in [-0.2, 0) is 11.0 Å². The molecule has 0 bridgehead atoms. The molecule has 0 spiro atoms. The van der Waals surface area contributed by atoms with Gasteiger partial charge in [0.2, 0.25) is 0 Å². The van der Waals surface area contributed by atoms with E-state index in [-0.39, 0.29) is 5.75 Å². The zero-order valence-corrected chi connectivity index (χ0v) is 12.9. The molecule has 2 rings (SSSR count). The Hall–Kier alpha value is -2.54. The lowest BCUT2D eigenvalue weighted by Gasteiger charge is -2.09. The van der Waals surface area contributed by atoms with Crippen molar-refractivity contribution in [3.05, 3.63) is 64.7 Å². The Kier molecular flexibility index (Phi) is 5.81. The Morgan fingerprint density at radius 2 is 1.96 bits per heavy atom. The second-order valence-electron chi connectivity index (χ2n) is 4.66. The van der Waals surface area contributed by atoms with Gasteiger partial charge < -0.3 is 4.74 Å². The van der Waals surface area contributed by atoms with Gasteiger partial charge in [0, 0.05) is 5.02 Å². The van der Waals surface area contributed by atoms with E-state index in [9.17, 15) is 18.0 Å². The van der Waals surface area contributed by atoms with Crippen LogP contribution in [0.1, 0.15) is 11.1 Å². The molecule has 2 aromatic rings. The number of carbonyl (C=O) groups excluding carboxylic acids is 1. The quantitative estimate of drug-likeness (QED) is 0.652. The van der Waals surface area contributed by atoms with Crippen LogP contribution in [0.15, 0.2) is 53.6 Å². The molecule has 126 valence electrons. The third kappa shape index (κ3) is 5.58. The Labute approximate surface area is 140 Å². The average Bonchev–Trinajstić information content (AvgIpc) is 2.52. The van der Waals surface area contributed by atoms with Gasteiger partial charge in [0.1, 0.15) is 5.75 Å². The molecular weight excluding hydrogens is 345 g/mol. The Morgan fingerprint density at radius 1 is 1.21 bits per heavy atom. The highest BCUT2D eigenvalue weighted by Gasteiger charge is 2.30. The number of hydrogen-bond donors (Lipinski definition) is 1. The van der Waals surface area contributed by atoms with Crippen LogP contribution in [0.25, 0.3) is 0 Å². The van der Waals surface area contributed by atoms with Gasteiger partial charge in [-0.15, -0.1) is 0 Å². The molecule has 0 fully saturated rings. The molecule has 0 unspecified atom stereocenters. The van der Waals surface area contributed by atoms with Gasteiger partial charge in [-0.25, -0.2) is 5.43 Å². The molecule has 24 heavy (non-hydrogen) atoms. The van der Waals surface area contributed by atoms with Crippen LogP contribution in [0.4, 0.5) is 13.2 Å². The number of alkyl halides is 3. The molecule has 8 heteroatoms. The number of halogens is 4. The topological polar surface area (TPSA) is 50.7 Å². The smallest absolute Gasteiger partial charge is 0.416 e. The van der Waals surface area contributed by atoms with Crippen molar-refractivity contribution in [2.24, 2.45) is 5.10 Å². The molecule has 0 saturated carbocycles. The number of rotatable bonds is 5. The van der Waals surface area contributed by atoms with Crippen LogP contribution in [0.2, 0.25) is 5.02 Å². The predicted octanol–water partition coefficient (Wildman–Crippen LogP) is 3.89. The van der Waals surface area contributed by atoms with Gasteiger partial charge in [0.25, 0.3) is 5.91 Å². The van der Waals surface area contributed by atoms with Crippen molar-refractivity contribution in [3.63, 3.8) is 0 Å². The molecule has 4 nitrogen and oxygen atoms in total. The minimum atomic E-state index is -4.47. The summed E-state index contributed by atoms with van der Waals surface area (Å²) in [5.41, 5.74) is 2.04. The molecular formula is C16H12ClF3N2O2. The lowest BCUT2D eigenvalue weighted by molar-refractivity contribution is -0.137. The molecule has 0 atom stereocenters. The van der Waals surface area contributed by atoms with Gasteiger partial charge >= 0.3 is 6.18 Å². The fourth-order valence-corrected chi connectivity index (χ4v) is 1.91. The largest absolute Gasteiger partial charge is 0.484 e. The van der Waals surface area contributed by atoms with Crippen LogP contribution >= 0.6 is 11.6 Å². The van der Waals surface area contributed by atoms with Crippen molar-refractivity contribution in [1.82, 2.24) is 5.43 Å². The summed E-state index contributed by atoms with van der Waals surface area (Å²) in [5, 5.41) is 4.23. The zero-order valence-electron chi connectivity index (χ0n) is 12.2. The van der Waals surface area contributed by atoms with Crippen molar-refractivity contribution in [2.45, 2.75) is 6.18 Å². The van der Waals surface area contributed by atoms with Gasteiger partial charge in [-0.3, -0.25) is 4.79 Å². The summed E-state index contributed by atoms with van der Waals surface area (Å²) >= 11 is 5.80. The van der Waals surface area contributed by atoms with Crippen molar-refractivity contribution in [1.29, 1.82) is 0 Å². The van der Waals surface area contributed by atoms with E-state index in [1.54, 1.807) is 24.3 Å². The van der Waals surface area contributed by atoms with E-state index < -0.39 is 24.3 Å². The first kappa shape index (κ1) is 17.8. The van der Waals surface area contributed by atoms with Crippen LogP contribution in [0.5, 0.6) is 5.75 Å². The molecule has 0 aromatic heterocycles. The molecule has 2 aromatic carbocycles. The first-order valence-electron chi connectivity index (χ1n) is 6.72. The van der Waals surface area contributed by atoms with Gasteiger partial charge in [-0.05, 0) is 35.9 Å². The van der Waals surface area contributed by atoms with Gasteiger partial charge in [-0.2, -0.15) is 18.3 Å². The van der Waals surface area contributed by atoms with E-state index in [4.69, 9.17) is 16.3 Å². The summed E-state index contributed by atoms with van der Waals surface area (Å²) in [6.45, 7) is -0.464. The van der Waals surface area contributed by atoms with E-state index >= 15 is 0 Å². The van der Waals surface area contributed by atoms with E-state index in [0.717, 1.165) is 12.1 Å². The highest BCUT2D eigenvalue weighted by atomic mass is 35.5. The third-order valence-corrected chi connectivity index (χ3v) is 3.02. The Morgan fingerprint density at radius 3 is 2.67 bits per heavy atom. The normalized spacial score (nSPS) is 11.5. The van der Waals surface area contributed by atoms with Crippen molar-refractivity contribution >= 4 is 23.7 Å². The molecule has 1 N–H and O–H groups in total. The number of benzene rings is 2. The summed E-state index contributed by atoms with van der Waals surface area (Å²) in [6, 6.07) is 11.1. The molecule has 0 aliphatic heterocycles. The van der Waals surface area contributed by atoms with Gasteiger partial charge in [-0.1, -0.05) is 29.8 Å². The molecule has 0 aliphatic carbocycles. The predicted molar refractivity (Wildman–Crippen MR) is 84.1 cm³/mol. The van der Waals surface area contributed by atoms with Crippen molar-refractivity contribution in [3.8, 4) is 5.75 Å². The average molecular weight is 357 g/mol. The number of hydrogen-bond acceptors (Lipinski definition) is 3. The first-order valence-corrected chi connectivity index (χ1v) is 7.10. The second kappa shape index (κ2) is 7.83. The van der Waals surface area contributed by atoms with Crippen LogP contribution < -0.4 is 10.2 Å². The van der Waals surface area contributed by atoms with Crippen molar-refractivity contribution in [2.75, 3.05) is 6.61 Å². The fourth-order valence-electron chi connectivity index (χ4n) is 1.71.